The molecule has 2 rings (SSSR count). The fourth-order valence-electron chi connectivity index (χ4n) is 2.42. The first-order chi connectivity index (χ1) is 10.7. The molecule has 0 radical (unpaired) electrons. The first-order valence-corrected chi connectivity index (χ1v) is 7.57. The topological polar surface area (TPSA) is 66.9 Å². The lowest BCUT2D eigenvalue weighted by molar-refractivity contribution is -0.154. The Morgan fingerprint density at radius 3 is 2.39 bits per heavy atom. The molecule has 0 bridgehead atoms. The minimum absolute atomic E-state index is 0.128. The summed E-state index contributed by atoms with van der Waals surface area (Å²) in [6.45, 7) is 6.91. The van der Waals surface area contributed by atoms with Gasteiger partial charge in [0.05, 0.1) is 0 Å². The average Bonchev–Trinajstić information content (AvgIpc) is 2.43. The van der Waals surface area contributed by atoms with Crippen molar-refractivity contribution in [1.82, 2.24) is 9.80 Å². The zero-order chi connectivity index (χ0) is 17.2. The number of carbonyl (C=O) groups is 3. The molecule has 1 heterocycles. The molecule has 1 fully saturated rings. The molecule has 0 unspecified atom stereocenters. The number of hydrogen-bond donors (Lipinski definition) is 0. The molecule has 0 N–H and O–H groups in total. The number of ether oxygens (including phenoxy) is 1. The van der Waals surface area contributed by atoms with Gasteiger partial charge in [0.15, 0.2) is 0 Å². The summed E-state index contributed by atoms with van der Waals surface area (Å²) >= 11 is 0. The smallest absolute Gasteiger partial charge is 0.417 e. The molecule has 1 atom stereocenters. The van der Waals surface area contributed by atoms with Gasteiger partial charge in [0.1, 0.15) is 18.2 Å². The first-order valence-electron chi connectivity index (χ1n) is 7.57. The maximum atomic E-state index is 12.5. The van der Waals surface area contributed by atoms with E-state index in [4.69, 9.17) is 4.74 Å². The van der Waals surface area contributed by atoms with E-state index in [9.17, 15) is 14.4 Å². The summed E-state index contributed by atoms with van der Waals surface area (Å²) < 4.78 is 5.22. The zero-order valence-corrected chi connectivity index (χ0v) is 13.9. The molecular formula is C17H22N2O4. The van der Waals surface area contributed by atoms with E-state index in [2.05, 4.69) is 0 Å². The molecule has 0 saturated carbocycles. The highest BCUT2D eigenvalue weighted by Crippen LogP contribution is 2.19. The molecule has 6 nitrogen and oxygen atoms in total. The van der Waals surface area contributed by atoms with Crippen molar-refractivity contribution in [2.45, 2.75) is 45.9 Å². The third-order valence-electron chi connectivity index (χ3n) is 3.46. The van der Waals surface area contributed by atoms with E-state index < -0.39 is 23.6 Å². The third kappa shape index (κ3) is 4.09. The summed E-state index contributed by atoms with van der Waals surface area (Å²) in [6.07, 6.45) is -0.775. The van der Waals surface area contributed by atoms with Gasteiger partial charge in [0, 0.05) is 6.54 Å². The zero-order valence-electron chi connectivity index (χ0n) is 13.9. The van der Waals surface area contributed by atoms with Gasteiger partial charge in [-0.2, -0.15) is 0 Å². The molecule has 23 heavy (non-hydrogen) atoms. The number of piperazine rings is 1. The van der Waals surface area contributed by atoms with Crippen molar-refractivity contribution in [2.75, 3.05) is 6.54 Å². The van der Waals surface area contributed by atoms with Crippen LogP contribution in [-0.4, -0.2) is 45.9 Å². The number of amides is 3. The molecule has 1 aliphatic rings. The Bertz CT molecular complexity index is 607. The molecular weight excluding hydrogens is 296 g/mol. The maximum Gasteiger partial charge on any atom is 0.417 e. The second kappa shape index (κ2) is 6.40. The quantitative estimate of drug-likeness (QED) is 0.838. The molecule has 0 spiro atoms. The van der Waals surface area contributed by atoms with Crippen molar-refractivity contribution < 1.29 is 19.1 Å². The van der Waals surface area contributed by atoms with Crippen LogP contribution >= 0.6 is 0 Å². The normalized spacial score (nSPS) is 19.0. The minimum atomic E-state index is -0.866. The Kier molecular flexibility index (Phi) is 4.73. The Hall–Kier alpha value is -2.37. The summed E-state index contributed by atoms with van der Waals surface area (Å²) in [5, 5.41) is 0. The SMILES string of the molecule is C[C@@H]1C(=O)N(Cc2ccccc2)CC(=O)N1C(=O)OC(C)(C)C. The molecule has 1 aromatic carbocycles. The Labute approximate surface area is 136 Å². The monoisotopic (exact) mass is 318 g/mol. The van der Waals surface area contributed by atoms with Gasteiger partial charge in [0.25, 0.3) is 5.91 Å². The predicted octanol–water partition coefficient (Wildman–Crippen LogP) is 2.18. The van der Waals surface area contributed by atoms with Gasteiger partial charge in [-0.25, -0.2) is 9.69 Å². The first kappa shape index (κ1) is 17.0. The van der Waals surface area contributed by atoms with Crippen molar-refractivity contribution in [3.63, 3.8) is 0 Å². The summed E-state index contributed by atoms with van der Waals surface area (Å²) in [5.74, 6) is -0.693. The predicted molar refractivity (Wildman–Crippen MR) is 84.4 cm³/mol. The van der Waals surface area contributed by atoms with Crippen LogP contribution in [0.1, 0.15) is 33.3 Å². The largest absolute Gasteiger partial charge is 0.443 e. The molecule has 124 valence electrons. The highest BCUT2D eigenvalue weighted by molar-refractivity contribution is 6.03. The molecule has 1 aliphatic heterocycles. The lowest BCUT2D eigenvalue weighted by atomic mass is 10.1. The number of nitrogens with zero attached hydrogens (tertiary/aromatic N) is 2. The fourth-order valence-corrected chi connectivity index (χ4v) is 2.42. The van der Waals surface area contributed by atoms with Crippen LogP contribution in [0.2, 0.25) is 0 Å². The molecule has 0 aliphatic carbocycles. The number of imide groups is 1. The molecule has 6 heteroatoms. The Balaban J connectivity index is 2.11. The Morgan fingerprint density at radius 2 is 1.83 bits per heavy atom. The van der Waals surface area contributed by atoms with Crippen molar-refractivity contribution in [2.24, 2.45) is 0 Å². The fraction of sp³-hybridized carbons (Fsp3) is 0.471. The molecule has 1 aromatic rings. The second-order valence-electron chi connectivity index (χ2n) is 6.60. The number of carbonyl (C=O) groups excluding carboxylic acids is 3. The van der Waals surface area contributed by atoms with E-state index >= 15 is 0 Å². The molecule has 0 aromatic heterocycles. The van der Waals surface area contributed by atoms with E-state index in [1.807, 2.05) is 30.3 Å². The molecule has 1 saturated heterocycles. The van der Waals surface area contributed by atoms with Crippen molar-refractivity contribution in [3.05, 3.63) is 35.9 Å². The maximum absolute atomic E-state index is 12.5. The standard InChI is InChI=1S/C17H22N2O4/c1-12-15(21)18(10-13-8-6-5-7-9-13)11-14(20)19(12)16(22)23-17(2,3)4/h5-9,12H,10-11H2,1-4H3/t12-/m1/s1. The van der Waals surface area contributed by atoms with Gasteiger partial charge in [-0.05, 0) is 33.3 Å². The lowest BCUT2D eigenvalue weighted by Crippen LogP contribution is -2.60. The summed E-state index contributed by atoms with van der Waals surface area (Å²) in [7, 11) is 0. The number of rotatable bonds is 2. The second-order valence-corrected chi connectivity index (χ2v) is 6.60. The van der Waals surface area contributed by atoms with Gasteiger partial charge in [-0.1, -0.05) is 30.3 Å². The average molecular weight is 318 g/mol. The van der Waals surface area contributed by atoms with Gasteiger partial charge in [-0.15, -0.1) is 0 Å². The van der Waals surface area contributed by atoms with E-state index in [0.29, 0.717) is 6.54 Å². The summed E-state index contributed by atoms with van der Waals surface area (Å²) in [4.78, 5) is 39.3. The number of benzene rings is 1. The van der Waals surface area contributed by atoms with Gasteiger partial charge >= 0.3 is 6.09 Å². The van der Waals surface area contributed by atoms with Crippen LogP contribution in [0, 0.1) is 0 Å². The Morgan fingerprint density at radius 1 is 1.22 bits per heavy atom. The van der Waals surface area contributed by atoms with E-state index in [0.717, 1.165) is 10.5 Å². The van der Waals surface area contributed by atoms with E-state index in [1.54, 1.807) is 27.7 Å². The number of hydrogen-bond acceptors (Lipinski definition) is 4. The van der Waals surface area contributed by atoms with Crippen LogP contribution in [0.3, 0.4) is 0 Å². The van der Waals surface area contributed by atoms with Crippen LogP contribution in [0.5, 0.6) is 0 Å². The van der Waals surface area contributed by atoms with Crippen LogP contribution in [0.15, 0.2) is 30.3 Å². The minimum Gasteiger partial charge on any atom is -0.443 e. The van der Waals surface area contributed by atoms with Gasteiger partial charge in [-0.3, -0.25) is 9.59 Å². The lowest BCUT2D eigenvalue weighted by Gasteiger charge is -2.37. The van der Waals surface area contributed by atoms with Crippen LogP contribution in [-0.2, 0) is 20.9 Å². The van der Waals surface area contributed by atoms with E-state index in [1.165, 1.54) is 4.90 Å². The summed E-state index contributed by atoms with van der Waals surface area (Å²) in [5.41, 5.74) is 0.216. The van der Waals surface area contributed by atoms with Gasteiger partial charge in [0.2, 0.25) is 5.91 Å². The van der Waals surface area contributed by atoms with Crippen molar-refractivity contribution >= 4 is 17.9 Å². The molecule has 3 amide bonds. The van der Waals surface area contributed by atoms with E-state index in [-0.39, 0.29) is 12.5 Å². The van der Waals surface area contributed by atoms with Crippen LogP contribution in [0.4, 0.5) is 4.79 Å². The summed E-state index contributed by atoms with van der Waals surface area (Å²) in [6, 6.07) is 8.56. The highest BCUT2D eigenvalue weighted by Gasteiger charge is 2.41. The van der Waals surface area contributed by atoms with Crippen LogP contribution in [0.25, 0.3) is 0 Å². The third-order valence-corrected chi connectivity index (χ3v) is 3.46. The van der Waals surface area contributed by atoms with Crippen molar-refractivity contribution in [3.8, 4) is 0 Å². The van der Waals surface area contributed by atoms with Crippen molar-refractivity contribution in [1.29, 1.82) is 0 Å². The van der Waals surface area contributed by atoms with Crippen LogP contribution < -0.4 is 0 Å². The highest BCUT2D eigenvalue weighted by atomic mass is 16.6. The van der Waals surface area contributed by atoms with Gasteiger partial charge < -0.3 is 9.64 Å².